The minimum atomic E-state index is -1.39. The average molecular weight is 523 g/mol. The van der Waals surface area contributed by atoms with Gasteiger partial charge in [0, 0.05) is 24.2 Å². The molecule has 4 aliphatic rings. The molecule has 0 spiro atoms. The fourth-order valence-corrected chi connectivity index (χ4v) is 8.14. The number of benzene rings is 1. The third kappa shape index (κ3) is 4.75. The number of aliphatic hydroxyl groups excluding tert-OH is 1. The average Bonchev–Trinajstić information content (AvgIpc) is 2.90. The molecule has 1 aromatic carbocycles. The first-order valence-corrected chi connectivity index (χ1v) is 14.4. The molecule has 0 radical (unpaired) electrons. The number of aliphatic carboxylic acids is 1. The molecule has 204 valence electrons. The van der Waals surface area contributed by atoms with Gasteiger partial charge in [-0.3, -0.25) is 9.69 Å². The summed E-state index contributed by atoms with van der Waals surface area (Å²) in [5, 5.41) is 22.5. The van der Waals surface area contributed by atoms with Crippen LogP contribution in [0.25, 0.3) is 11.0 Å². The Labute approximate surface area is 222 Å². The summed E-state index contributed by atoms with van der Waals surface area (Å²) >= 11 is 0. The normalized spacial score (nSPS) is 31.8. The summed E-state index contributed by atoms with van der Waals surface area (Å²) < 4.78 is 1.79. The molecule has 4 fully saturated rings. The monoisotopic (exact) mass is 522 g/mol. The molecule has 9 nitrogen and oxygen atoms in total. The number of piperidine rings is 2. The first-order valence-electron chi connectivity index (χ1n) is 14.4. The van der Waals surface area contributed by atoms with E-state index in [0.29, 0.717) is 23.6 Å². The van der Waals surface area contributed by atoms with Gasteiger partial charge >= 0.3 is 5.97 Å². The molecule has 2 saturated carbocycles. The number of oxime groups is 1. The SMILES string of the molecule is O=C(O)C(=NOCCO)c1nc2ccccc2n(C2C[C@H]3CCC[C@@H](C2)N3C2C[C@H]3CCC[C@@H](C2)C3)c1=O. The summed E-state index contributed by atoms with van der Waals surface area (Å²) in [5.74, 6) is 0.369. The van der Waals surface area contributed by atoms with Crippen LogP contribution in [0.2, 0.25) is 0 Å². The summed E-state index contributed by atoms with van der Waals surface area (Å²) in [6, 6.07) is 8.96. The zero-order valence-corrected chi connectivity index (χ0v) is 21.9. The molecule has 6 atom stereocenters. The molecule has 9 heteroatoms. The maximum absolute atomic E-state index is 13.9. The molecule has 2 aliphatic heterocycles. The van der Waals surface area contributed by atoms with Crippen molar-refractivity contribution in [1.82, 2.24) is 14.5 Å². The van der Waals surface area contributed by atoms with Gasteiger partial charge < -0.3 is 19.6 Å². The molecule has 2 N–H and O–H groups in total. The van der Waals surface area contributed by atoms with Crippen molar-refractivity contribution in [2.75, 3.05) is 13.2 Å². The summed E-state index contributed by atoms with van der Waals surface area (Å²) in [6.07, 6.45) is 13.5. The van der Waals surface area contributed by atoms with Crippen molar-refractivity contribution >= 4 is 22.7 Å². The van der Waals surface area contributed by atoms with Gasteiger partial charge in [0.2, 0.25) is 5.71 Å². The number of aliphatic hydroxyl groups is 1. The van der Waals surface area contributed by atoms with Gasteiger partial charge in [0.25, 0.3) is 5.56 Å². The molecule has 6 rings (SSSR count). The van der Waals surface area contributed by atoms with Crippen LogP contribution in [0.1, 0.15) is 82.4 Å². The van der Waals surface area contributed by atoms with Crippen LogP contribution in [-0.2, 0) is 9.63 Å². The lowest BCUT2D eigenvalue weighted by atomic mass is 9.68. The van der Waals surface area contributed by atoms with Crippen LogP contribution >= 0.6 is 0 Å². The Morgan fingerprint density at radius 3 is 2.32 bits per heavy atom. The molecule has 2 saturated heterocycles. The number of nitrogens with zero attached hydrogens (tertiary/aromatic N) is 4. The Kier molecular flexibility index (Phi) is 7.22. The maximum Gasteiger partial charge on any atom is 0.360 e. The topological polar surface area (TPSA) is 117 Å². The number of hydrogen-bond acceptors (Lipinski definition) is 7. The van der Waals surface area contributed by atoms with E-state index in [1.54, 1.807) is 10.6 Å². The molecule has 2 aliphatic carbocycles. The lowest BCUT2D eigenvalue weighted by molar-refractivity contribution is -0.129. The van der Waals surface area contributed by atoms with Crippen LogP contribution in [-0.4, -0.2) is 67.7 Å². The number of aromatic nitrogens is 2. The largest absolute Gasteiger partial charge is 0.476 e. The van der Waals surface area contributed by atoms with Gasteiger partial charge in [-0.25, -0.2) is 9.78 Å². The second kappa shape index (κ2) is 10.8. The predicted octanol–water partition coefficient (Wildman–Crippen LogP) is 3.72. The number of fused-ring (bicyclic) bond motifs is 5. The molecule has 2 aromatic rings. The lowest BCUT2D eigenvalue weighted by Crippen LogP contribution is -2.58. The standard InChI is InChI=1S/C29H38N4O5/c34-11-12-38-31-27(29(36)37)26-28(35)33(25-10-2-1-9-24(25)30-26)23-16-20-7-4-8-21(17-23)32(20)22-14-18-5-3-6-19(13-18)15-22/h1-2,9-10,18-23,34H,3-8,11-17H2,(H,36,37)/t18-,19+,20-,21+,22?,23?. The number of carboxylic acid groups (broad SMARTS) is 1. The molecule has 4 bridgehead atoms. The van der Waals surface area contributed by atoms with E-state index in [-0.39, 0.29) is 24.9 Å². The Hall–Kier alpha value is -2.78. The Morgan fingerprint density at radius 2 is 1.63 bits per heavy atom. The molecule has 1 aromatic heterocycles. The van der Waals surface area contributed by atoms with E-state index >= 15 is 0 Å². The minimum absolute atomic E-state index is 0.0304. The van der Waals surface area contributed by atoms with Crippen molar-refractivity contribution in [3.63, 3.8) is 0 Å². The van der Waals surface area contributed by atoms with Crippen LogP contribution < -0.4 is 5.56 Å². The number of rotatable bonds is 7. The number of para-hydroxylation sites is 2. The second-order valence-corrected chi connectivity index (χ2v) is 11.8. The van der Waals surface area contributed by atoms with Crippen LogP contribution in [0.15, 0.2) is 34.2 Å². The van der Waals surface area contributed by atoms with Gasteiger partial charge in [-0.05, 0) is 68.9 Å². The first-order chi connectivity index (χ1) is 18.5. The van der Waals surface area contributed by atoms with Crippen molar-refractivity contribution in [2.45, 2.75) is 94.8 Å². The Morgan fingerprint density at radius 1 is 0.947 bits per heavy atom. The van der Waals surface area contributed by atoms with E-state index in [2.05, 4.69) is 15.0 Å². The number of carbonyl (C=O) groups is 1. The lowest BCUT2D eigenvalue weighted by Gasteiger charge is -2.55. The van der Waals surface area contributed by atoms with Gasteiger partial charge in [0.1, 0.15) is 6.61 Å². The fourth-order valence-electron chi connectivity index (χ4n) is 8.14. The number of hydrogen-bond donors (Lipinski definition) is 2. The molecule has 2 unspecified atom stereocenters. The maximum atomic E-state index is 13.9. The highest BCUT2D eigenvalue weighted by atomic mass is 16.6. The van der Waals surface area contributed by atoms with Crippen LogP contribution in [0.5, 0.6) is 0 Å². The highest BCUT2D eigenvalue weighted by Crippen LogP contribution is 2.47. The van der Waals surface area contributed by atoms with Crippen molar-refractivity contribution in [3.05, 3.63) is 40.3 Å². The summed E-state index contributed by atoms with van der Waals surface area (Å²) in [7, 11) is 0. The van der Waals surface area contributed by atoms with Crippen LogP contribution in [0.3, 0.4) is 0 Å². The fraction of sp³-hybridized carbons (Fsp3) is 0.655. The van der Waals surface area contributed by atoms with Gasteiger partial charge in [0.15, 0.2) is 5.69 Å². The van der Waals surface area contributed by atoms with E-state index in [9.17, 15) is 14.7 Å². The Balaban J connectivity index is 1.36. The molecular weight excluding hydrogens is 484 g/mol. The number of carboxylic acids is 1. The van der Waals surface area contributed by atoms with E-state index in [0.717, 1.165) is 43.0 Å². The van der Waals surface area contributed by atoms with Crippen molar-refractivity contribution in [2.24, 2.45) is 17.0 Å². The first kappa shape index (κ1) is 25.5. The van der Waals surface area contributed by atoms with Gasteiger partial charge in [0.05, 0.1) is 17.6 Å². The van der Waals surface area contributed by atoms with Crippen molar-refractivity contribution < 1.29 is 19.8 Å². The van der Waals surface area contributed by atoms with E-state index < -0.39 is 17.2 Å². The third-order valence-electron chi connectivity index (χ3n) is 9.46. The smallest absolute Gasteiger partial charge is 0.360 e. The zero-order chi connectivity index (χ0) is 26.2. The summed E-state index contributed by atoms with van der Waals surface area (Å²) in [5.41, 5.74) is 0.0919. The van der Waals surface area contributed by atoms with Gasteiger partial charge in [-0.15, -0.1) is 0 Å². The molecule has 38 heavy (non-hydrogen) atoms. The second-order valence-electron chi connectivity index (χ2n) is 11.8. The van der Waals surface area contributed by atoms with E-state index in [1.165, 1.54) is 44.9 Å². The van der Waals surface area contributed by atoms with E-state index in [1.807, 2.05) is 18.2 Å². The van der Waals surface area contributed by atoms with Crippen molar-refractivity contribution in [3.8, 4) is 0 Å². The van der Waals surface area contributed by atoms with Crippen LogP contribution in [0.4, 0.5) is 0 Å². The predicted molar refractivity (Wildman–Crippen MR) is 143 cm³/mol. The molecule has 3 heterocycles. The highest BCUT2D eigenvalue weighted by Gasteiger charge is 2.45. The zero-order valence-electron chi connectivity index (χ0n) is 21.9. The highest BCUT2D eigenvalue weighted by molar-refractivity contribution is 6.41. The minimum Gasteiger partial charge on any atom is -0.476 e. The quantitative estimate of drug-likeness (QED) is 0.323. The summed E-state index contributed by atoms with van der Waals surface area (Å²) in [6.45, 7) is -0.473. The van der Waals surface area contributed by atoms with Gasteiger partial charge in [-0.1, -0.05) is 43.0 Å². The van der Waals surface area contributed by atoms with Crippen molar-refractivity contribution in [1.29, 1.82) is 0 Å². The van der Waals surface area contributed by atoms with E-state index in [4.69, 9.17) is 9.94 Å². The molecular formula is C29H38N4O5. The van der Waals surface area contributed by atoms with Gasteiger partial charge in [-0.2, -0.15) is 0 Å². The van der Waals surface area contributed by atoms with Crippen LogP contribution in [0, 0.1) is 11.8 Å². The summed E-state index contributed by atoms with van der Waals surface area (Å²) in [4.78, 5) is 38.2. The Bertz CT molecular complexity index is 1250. The third-order valence-corrected chi connectivity index (χ3v) is 9.46. The molecule has 0 amide bonds.